The van der Waals surface area contributed by atoms with Crippen LogP contribution in [-0.2, 0) is 11.3 Å². The van der Waals surface area contributed by atoms with Crippen LogP contribution in [-0.4, -0.2) is 26.2 Å². The Bertz CT molecular complexity index is 1000. The number of nitrogens with one attached hydrogen (secondary N) is 1. The number of benzene rings is 2. The highest BCUT2D eigenvalue weighted by atomic mass is 127. The number of ether oxygens (including phenoxy) is 3. The predicted octanol–water partition coefficient (Wildman–Crippen LogP) is 3.93. The molecule has 1 amide bonds. The molecule has 2 aromatic carbocycles. The summed E-state index contributed by atoms with van der Waals surface area (Å²) in [7, 11) is 1.59. The molecular formula is C23H21IN2O4. The third kappa shape index (κ3) is 6.43. The molecule has 0 atom stereocenters. The lowest BCUT2D eigenvalue weighted by Crippen LogP contribution is -2.23. The molecule has 30 heavy (non-hydrogen) atoms. The first-order chi connectivity index (χ1) is 14.5. The average molecular weight is 516 g/mol. The standard InChI is InChI=1S/C23H21IN2O4/c1-4-10-30-22-20(24)12-17(13-21(22)29-5-2)11-18(14-25)23(27)26-15-16-6-8-19(28-3)9-7-16/h1,6-9,11-13H,5,10,15H2,2-3H3,(H,26,27)/b18-11-. The number of rotatable bonds is 9. The Kier molecular flexibility index (Phi) is 9.04. The zero-order valence-electron chi connectivity index (χ0n) is 16.7. The molecule has 1 N–H and O–H groups in total. The largest absolute Gasteiger partial charge is 0.497 e. The number of terminal acetylenes is 1. The maximum absolute atomic E-state index is 12.5. The Morgan fingerprint density at radius 3 is 2.60 bits per heavy atom. The van der Waals surface area contributed by atoms with E-state index < -0.39 is 5.91 Å². The third-order valence-electron chi connectivity index (χ3n) is 3.92. The van der Waals surface area contributed by atoms with Crippen molar-refractivity contribution in [3.63, 3.8) is 0 Å². The van der Waals surface area contributed by atoms with Gasteiger partial charge >= 0.3 is 0 Å². The molecule has 0 radical (unpaired) electrons. The Morgan fingerprint density at radius 1 is 1.27 bits per heavy atom. The molecule has 0 aliphatic heterocycles. The molecule has 0 unspecified atom stereocenters. The maximum Gasteiger partial charge on any atom is 0.262 e. The smallest absolute Gasteiger partial charge is 0.262 e. The normalized spacial score (nSPS) is 10.5. The fourth-order valence-electron chi connectivity index (χ4n) is 2.52. The molecule has 6 nitrogen and oxygen atoms in total. The van der Waals surface area contributed by atoms with E-state index in [4.69, 9.17) is 20.6 Å². The first-order valence-electron chi connectivity index (χ1n) is 9.07. The molecule has 7 heteroatoms. The molecule has 0 saturated heterocycles. The molecular weight excluding hydrogens is 495 g/mol. The van der Waals surface area contributed by atoms with Gasteiger partial charge in [-0.25, -0.2) is 0 Å². The summed E-state index contributed by atoms with van der Waals surface area (Å²) in [6.07, 6.45) is 6.78. The molecule has 0 aromatic heterocycles. The van der Waals surface area contributed by atoms with Crippen molar-refractivity contribution in [2.75, 3.05) is 20.3 Å². The number of carbonyl (C=O) groups excluding carboxylic acids is 1. The Hall–Kier alpha value is -3.17. The van der Waals surface area contributed by atoms with Crippen molar-refractivity contribution in [1.29, 1.82) is 5.26 Å². The quantitative estimate of drug-likeness (QED) is 0.237. The van der Waals surface area contributed by atoms with Gasteiger partial charge in [-0.05, 0) is 71.0 Å². The van der Waals surface area contributed by atoms with Crippen molar-refractivity contribution >= 4 is 34.6 Å². The number of halogens is 1. The number of hydrogen-bond donors (Lipinski definition) is 1. The van der Waals surface area contributed by atoms with Crippen molar-refractivity contribution in [3.05, 3.63) is 56.7 Å². The van der Waals surface area contributed by atoms with Crippen LogP contribution in [0.1, 0.15) is 18.1 Å². The van der Waals surface area contributed by atoms with Gasteiger partial charge in [0.15, 0.2) is 11.5 Å². The minimum absolute atomic E-state index is 0.0148. The summed E-state index contributed by atoms with van der Waals surface area (Å²) in [5.41, 5.74) is 1.52. The van der Waals surface area contributed by atoms with Crippen LogP contribution in [0.3, 0.4) is 0 Å². The highest BCUT2D eigenvalue weighted by Gasteiger charge is 2.14. The molecule has 0 saturated carbocycles. The van der Waals surface area contributed by atoms with Crippen LogP contribution in [0.5, 0.6) is 17.2 Å². The van der Waals surface area contributed by atoms with Gasteiger partial charge in [-0.2, -0.15) is 5.26 Å². The van der Waals surface area contributed by atoms with E-state index in [-0.39, 0.29) is 12.2 Å². The van der Waals surface area contributed by atoms with Gasteiger partial charge in [0.25, 0.3) is 5.91 Å². The Balaban J connectivity index is 2.19. The Morgan fingerprint density at radius 2 is 2.00 bits per heavy atom. The van der Waals surface area contributed by atoms with E-state index in [1.54, 1.807) is 19.2 Å². The molecule has 2 aromatic rings. The van der Waals surface area contributed by atoms with Crippen molar-refractivity contribution in [1.82, 2.24) is 5.32 Å². The van der Waals surface area contributed by atoms with E-state index >= 15 is 0 Å². The van der Waals surface area contributed by atoms with E-state index in [9.17, 15) is 10.1 Å². The number of nitriles is 1. The zero-order valence-corrected chi connectivity index (χ0v) is 18.9. The van der Waals surface area contributed by atoms with E-state index in [2.05, 4.69) is 33.8 Å². The summed E-state index contributed by atoms with van der Waals surface area (Å²) in [6.45, 7) is 2.70. The zero-order chi connectivity index (χ0) is 21.9. The van der Waals surface area contributed by atoms with Gasteiger partial charge in [0, 0.05) is 6.54 Å². The van der Waals surface area contributed by atoms with Gasteiger partial charge in [-0.3, -0.25) is 4.79 Å². The van der Waals surface area contributed by atoms with E-state index in [1.165, 1.54) is 6.08 Å². The monoisotopic (exact) mass is 516 g/mol. The van der Waals surface area contributed by atoms with Crippen molar-refractivity contribution in [2.24, 2.45) is 0 Å². The fourth-order valence-corrected chi connectivity index (χ4v) is 3.31. The lowest BCUT2D eigenvalue weighted by molar-refractivity contribution is -0.117. The summed E-state index contributed by atoms with van der Waals surface area (Å²) < 4.78 is 17.1. The van der Waals surface area contributed by atoms with Crippen LogP contribution in [0.25, 0.3) is 6.08 Å². The van der Waals surface area contributed by atoms with Crippen molar-refractivity contribution in [2.45, 2.75) is 13.5 Å². The summed E-state index contributed by atoms with van der Waals surface area (Å²) in [5.74, 6) is 3.73. The summed E-state index contributed by atoms with van der Waals surface area (Å²) in [6, 6.07) is 12.8. The average Bonchev–Trinajstić information content (AvgIpc) is 2.75. The van der Waals surface area contributed by atoms with E-state index in [0.717, 1.165) is 14.9 Å². The first-order valence-corrected chi connectivity index (χ1v) is 10.2. The topological polar surface area (TPSA) is 80.6 Å². The molecule has 0 spiro atoms. The lowest BCUT2D eigenvalue weighted by atomic mass is 10.1. The van der Waals surface area contributed by atoms with Crippen LogP contribution in [0.2, 0.25) is 0 Å². The van der Waals surface area contributed by atoms with Gasteiger partial charge in [0.2, 0.25) is 0 Å². The summed E-state index contributed by atoms with van der Waals surface area (Å²) in [5, 5.41) is 12.2. The third-order valence-corrected chi connectivity index (χ3v) is 4.72. The second-order valence-electron chi connectivity index (χ2n) is 5.96. The van der Waals surface area contributed by atoms with Crippen LogP contribution in [0.4, 0.5) is 0 Å². The van der Waals surface area contributed by atoms with E-state index in [0.29, 0.717) is 30.2 Å². The second-order valence-corrected chi connectivity index (χ2v) is 7.12. The van der Waals surface area contributed by atoms with E-state index in [1.807, 2.05) is 37.3 Å². The highest BCUT2D eigenvalue weighted by Crippen LogP contribution is 2.35. The summed E-state index contributed by atoms with van der Waals surface area (Å²) >= 11 is 2.10. The second kappa shape index (κ2) is 11.7. The molecule has 0 heterocycles. The molecule has 154 valence electrons. The minimum Gasteiger partial charge on any atom is -0.497 e. The van der Waals surface area contributed by atoms with Crippen molar-refractivity contribution < 1.29 is 19.0 Å². The molecule has 0 aliphatic rings. The number of amides is 1. The number of hydrogen-bond acceptors (Lipinski definition) is 5. The van der Waals surface area contributed by atoms with Gasteiger partial charge < -0.3 is 19.5 Å². The van der Waals surface area contributed by atoms with Gasteiger partial charge in [-0.1, -0.05) is 18.1 Å². The first kappa shape index (κ1) is 23.1. The number of methoxy groups -OCH3 is 1. The van der Waals surface area contributed by atoms with Crippen molar-refractivity contribution in [3.8, 4) is 35.7 Å². The highest BCUT2D eigenvalue weighted by molar-refractivity contribution is 14.1. The molecule has 0 aliphatic carbocycles. The fraction of sp³-hybridized carbons (Fsp3) is 0.217. The van der Waals surface area contributed by atoms with Gasteiger partial charge in [0.05, 0.1) is 17.3 Å². The molecule has 0 fully saturated rings. The van der Waals surface area contributed by atoms with Gasteiger partial charge in [-0.15, -0.1) is 6.42 Å². The number of carbonyl (C=O) groups is 1. The lowest BCUT2D eigenvalue weighted by Gasteiger charge is -2.13. The van der Waals surface area contributed by atoms with Crippen LogP contribution in [0, 0.1) is 27.2 Å². The number of nitrogens with zero attached hydrogens (tertiary/aromatic N) is 1. The van der Waals surface area contributed by atoms with Crippen LogP contribution in [0.15, 0.2) is 42.0 Å². The molecule has 0 bridgehead atoms. The predicted molar refractivity (Wildman–Crippen MR) is 123 cm³/mol. The Labute approximate surface area is 190 Å². The SMILES string of the molecule is C#CCOc1c(I)cc(/C=C(/C#N)C(=O)NCc2ccc(OC)cc2)cc1OCC. The van der Waals surface area contributed by atoms with Crippen LogP contribution >= 0.6 is 22.6 Å². The molecule has 2 rings (SSSR count). The van der Waals surface area contributed by atoms with Crippen LogP contribution < -0.4 is 19.5 Å². The van der Waals surface area contributed by atoms with Gasteiger partial charge in [0.1, 0.15) is 24.0 Å². The minimum atomic E-state index is -0.464. The maximum atomic E-state index is 12.5. The summed E-state index contributed by atoms with van der Waals surface area (Å²) in [4.78, 5) is 12.5.